The van der Waals surface area contributed by atoms with Crippen LogP contribution in [0, 0.1) is 19.8 Å². The first-order valence-electron chi connectivity index (χ1n) is 5.84. The molecule has 1 aromatic carbocycles. The SMILES string of the molecule is Cc1ccc(C)c(OC(CCCl)C(C)C)c1. The van der Waals surface area contributed by atoms with E-state index in [-0.39, 0.29) is 6.10 Å². The van der Waals surface area contributed by atoms with Crippen molar-refractivity contribution in [3.05, 3.63) is 29.3 Å². The molecule has 0 saturated carbocycles. The second-order valence-corrected chi connectivity index (χ2v) is 5.02. The van der Waals surface area contributed by atoms with Gasteiger partial charge in [0.15, 0.2) is 0 Å². The second kappa shape index (κ2) is 6.15. The van der Waals surface area contributed by atoms with Crippen molar-refractivity contribution in [3.63, 3.8) is 0 Å². The summed E-state index contributed by atoms with van der Waals surface area (Å²) in [5.74, 6) is 2.12. The van der Waals surface area contributed by atoms with Gasteiger partial charge in [-0.05, 0) is 43.4 Å². The van der Waals surface area contributed by atoms with E-state index in [2.05, 4.69) is 45.9 Å². The maximum atomic E-state index is 6.04. The van der Waals surface area contributed by atoms with Crippen LogP contribution in [0.15, 0.2) is 18.2 Å². The number of rotatable bonds is 5. The van der Waals surface area contributed by atoms with Crippen molar-refractivity contribution in [2.45, 2.75) is 40.2 Å². The lowest BCUT2D eigenvalue weighted by molar-refractivity contribution is 0.147. The first kappa shape index (κ1) is 13.4. The summed E-state index contributed by atoms with van der Waals surface area (Å²) in [6, 6.07) is 6.30. The van der Waals surface area contributed by atoms with E-state index in [0.717, 1.165) is 12.2 Å². The molecule has 0 bridgehead atoms. The molecule has 0 fully saturated rings. The van der Waals surface area contributed by atoms with E-state index in [9.17, 15) is 0 Å². The fourth-order valence-electron chi connectivity index (χ4n) is 1.63. The van der Waals surface area contributed by atoms with Gasteiger partial charge in [0, 0.05) is 5.88 Å². The van der Waals surface area contributed by atoms with Crippen LogP contribution in [0.1, 0.15) is 31.4 Å². The Kier molecular flexibility index (Phi) is 5.14. The molecule has 0 saturated heterocycles. The highest BCUT2D eigenvalue weighted by Crippen LogP contribution is 2.23. The van der Waals surface area contributed by atoms with Gasteiger partial charge < -0.3 is 4.74 Å². The molecular formula is C14H21ClO. The van der Waals surface area contributed by atoms with E-state index < -0.39 is 0 Å². The minimum absolute atomic E-state index is 0.206. The van der Waals surface area contributed by atoms with Crippen molar-refractivity contribution >= 4 is 11.6 Å². The molecule has 16 heavy (non-hydrogen) atoms. The lowest BCUT2D eigenvalue weighted by atomic mass is 10.0. The largest absolute Gasteiger partial charge is 0.490 e. The van der Waals surface area contributed by atoms with Gasteiger partial charge >= 0.3 is 0 Å². The zero-order valence-corrected chi connectivity index (χ0v) is 11.3. The van der Waals surface area contributed by atoms with E-state index >= 15 is 0 Å². The molecule has 0 aromatic heterocycles. The van der Waals surface area contributed by atoms with E-state index in [1.54, 1.807) is 0 Å². The van der Waals surface area contributed by atoms with Crippen molar-refractivity contribution in [1.29, 1.82) is 0 Å². The Morgan fingerprint density at radius 2 is 1.94 bits per heavy atom. The van der Waals surface area contributed by atoms with Gasteiger partial charge in [0.2, 0.25) is 0 Å². The third-order valence-electron chi connectivity index (χ3n) is 2.76. The zero-order chi connectivity index (χ0) is 12.1. The molecule has 1 aromatic rings. The molecule has 90 valence electrons. The Labute approximate surface area is 104 Å². The number of hydrogen-bond donors (Lipinski definition) is 0. The van der Waals surface area contributed by atoms with Crippen molar-refractivity contribution in [2.24, 2.45) is 5.92 Å². The van der Waals surface area contributed by atoms with Crippen LogP contribution in [-0.2, 0) is 0 Å². The molecule has 0 aliphatic rings. The Morgan fingerprint density at radius 1 is 1.25 bits per heavy atom. The number of hydrogen-bond acceptors (Lipinski definition) is 1. The molecule has 0 aliphatic heterocycles. The average molecular weight is 241 g/mol. The smallest absolute Gasteiger partial charge is 0.122 e. The highest BCUT2D eigenvalue weighted by atomic mass is 35.5. The summed E-state index contributed by atoms with van der Waals surface area (Å²) in [4.78, 5) is 0. The van der Waals surface area contributed by atoms with Gasteiger partial charge in [0.1, 0.15) is 11.9 Å². The van der Waals surface area contributed by atoms with Gasteiger partial charge in [-0.15, -0.1) is 11.6 Å². The number of ether oxygens (including phenoxy) is 1. The molecule has 0 amide bonds. The fraction of sp³-hybridized carbons (Fsp3) is 0.571. The first-order valence-corrected chi connectivity index (χ1v) is 6.38. The van der Waals surface area contributed by atoms with E-state index in [0.29, 0.717) is 11.8 Å². The third-order valence-corrected chi connectivity index (χ3v) is 2.98. The lowest BCUT2D eigenvalue weighted by Gasteiger charge is -2.23. The maximum Gasteiger partial charge on any atom is 0.122 e. The molecular weight excluding hydrogens is 220 g/mol. The van der Waals surface area contributed by atoms with Gasteiger partial charge in [0.25, 0.3) is 0 Å². The molecule has 0 N–H and O–H groups in total. The Hall–Kier alpha value is -0.690. The van der Waals surface area contributed by atoms with Crippen LogP contribution >= 0.6 is 11.6 Å². The van der Waals surface area contributed by atoms with Crippen LogP contribution in [0.5, 0.6) is 5.75 Å². The van der Waals surface area contributed by atoms with Gasteiger partial charge in [0.05, 0.1) is 0 Å². The second-order valence-electron chi connectivity index (χ2n) is 4.65. The minimum atomic E-state index is 0.206. The van der Waals surface area contributed by atoms with Gasteiger partial charge in [-0.2, -0.15) is 0 Å². The van der Waals surface area contributed by atoms with Crippen LogP contribution in [0.3, 0.4) is 0 Å². The molecule has 0 aliphatic carbocycles. The van der Waals surface area contributed by atoms with Crippen LogP contribution in [0.25, 0.3) is 0 Å². The minimum Gasteiger partial charge on any atom is -0.490 e. The summed E-state index contributed by atoms with van der Waals surface area (Å²) in [5.41, 5.74) is 2.42. The van der Waals surface area contributed by atoms with Crippen molar-refractivity contribution in [3.8, 4) is 5.75 Å². The highest BCUT2D eigenvalue weighted by Gasteiger charge is 2.15. The Balaban J connectivity index is 2.80. The summed E-state index contributed by atoms with van der Waals surface area (Å²) < 4.78 is 6.04. The van der Waals surface area contributed by atoms with Crippen LogP contribution in [0.2, 0.25) is 0 Å². The summed E-state index contributed by atoms with van der Waals surface area (Å²) in [5, 5.41) is 0. The molecule has 0 radical (unpaired) electrons. The van der Waals surface area contributed by atoms with Gasteiger partial charge in [-0.3, -0.25) is 0 Å². The highest BCUT2D eigenvalue weighted by molar-refractivity contribution is 6.17. The Bertz CT molecular complexity index is 334. The summed E-state index contributed by atoms with van der Waals surface area (Å²) >= 11 is 5.80. The first-order chi connectivity index (χ1) is 7.54. The van der Waals surface area contributed by atoms with Crippen LogP contribution in [0.4, 0.5) is 0 Å². The monoisotopic (exact) mass is 240 g/mol. The molecule has 1 unspecified atom stereocenters. The number of benzene rings is 1. The van der Waals surface area contributed by atoms with E-state index in [1.807, 2.05) is 0 Å². The van der Waals surface area contributed by atoms with Crippen LogP contribution < -0.4 is 4.74 Å². The molecule has 0 heterocycles. The molecule has 2 heteroatoms. The van der Waals surface area contributed by atoms with Crippen molar-refractivity contribution in [1.82, 2.24) is 0 Å². The maximum absolute atomic E-state index is 6.04. The predicted octanol–water partition coefficient (Wildman–Crippen LogP) is 4.34. The lowest BCUT2D eigenvalue weighted by Crippen LogP contribution is -2.24. The number of halogens is 1. The fourth-order valence-corrected chi connectivity index (χ4v) is 1.85. The van der Waals surface area contributed by atoms with Gasteiger partial charge in [-0.1, -0.05) is 26.0 Å². The summed E-state index contributed by atoms with van der Waals surface area (Å²) in [7, 11) is 0. The summed E-state index contributed by atoms with van der Waals surface area (Å²) in [6.07, 6.45) is 1.10. The third kappa shape index (κ3) is 3.71. The van der Waals surface area contributed by atoms with E-state index in [1.165, 1.54) is 11.1 Å². The normalized spacial score (nSPS) is 12.9. The van der Waals surface area contributed by atoms with E-state index in [4.69, 9.17) is 16.3 Å². The number of aryl methyl sites for hydroxylation is 2. The Morgan fingerprint density at radius 3 is 2.50 bits per heavy atom. The molecule has 0 spiro atoms. The number of alkyl halides is 1. The molecule has 1 atom stereocenters. The topological polar surface area (TPSA) is 9.23 Å². The quantitative estimate of drug-likeness (QED) is 0.696. The van der Waals surface area contributed by atoms with Crippen molar-refractivity contribution in [2.75, 3.05) is 5.88 Å². The molecule has 1 nitrogen and oxygen atoms in total. The standard InChI is InChI=1S/C14H21ClO/c1-10(2)13(7-8-15)16-14-9-11(3)5-6-12(14)4/h5-6,9-10,13H,7-8H2,1-4H3. The average Bonchev–Trinajstić information content (AvgIpc) is 2.22. The summed E-state index contributed by atoms with van der Waals surface area (Å²) in [6.45, 7) is 8.50. The van der Waals surface area contributed by atoms with Gasteiger partial charge in [-0.25, -0.2) is 0 Å². The predicted molar refractivity (Wildman–Crippen MR) is 70.5 cm³/mol. The van der Waals surface area contributed by atoms with Crippen LogP contribution in [-0.4, -0.2) is 12.0 Å². The van der Waals surface area contributed by atoms with Crippen molar-refractivity contribution < 1.29 is 4.74 Å². The molecule has 1 rings (SSSR count). The zero-order valence-electron chi connectivity index (χ0n) is 10.6.